The number of H-pyrrole nitrogens is 2. The molecule has 0 amide bonds. The smallest absolute Gasteiger partial charge is 0.0651 e. The Bertz CT molecular complexity index is 922. The molecule has 3 N–H and O–H groups in total. The first kappa shape index (κ1) is 12.3. The van der Waals surface area contributed by atoms with Crippen molar-refractivity contribution in [2.24, 2.45) is 0 Å². The molecular formula is C16H13ClN4. The van der Waals surface area contributed by atoms with Crippen LogP contribution in [0.1, 0.15) is 5.56 Å². The number of anilines is 1. The normalized spacial score (nSPS) is 11.3. The van der Waals surface area contributed by atoms with Crippen molar-refractivity contribution >= 4 is 39.1 Å². The van der Waals surface area contributed by atoms with Gasteiger partial charge in [0.25, 0.3) is 0 Å². The van der Waals surface area contributed by atoms with E-state index in [0.717, 1.165) is 33.7 Å². The highest BCUT2D eigenvalue weighted by Gasteiger charge is 2.04. The molecule has 104 valence electrons. The Morgan fingerprint density at radius 2 is 2.05 bits per heavy atom. The molecule has 0 aliphatic rings. The number of fused-ring (bicyclic) bond motifs is 2. The highest BCUT2D eigenvalue weighted by Crippen LogP contribution is 2.23. The molecule has 0 aliphatic carbocycles. The lowest BCUT2D eigenvalue weighted by Gasteiger charge is -2.05. The Morgan fingerprint density at radius 3 is 3.00 bits per heavy atom. The van der Waals surface area contributed by atoms with Crippen molar-refractivity contribution in [2.75, 3.05) is 5.32 Å². The zero-order valence-corrected chi connectivity index (χ0v) is 11.9. The van der Waals surface area contributed by atoms with Crippen molar-refractivity contribution < 1.29 is 0 Å². The maximum absolute atomic E-state index is 6.00. The van der Waals surface area contributed by atoms with Crippen LogP contribution in [0, 0.1) is 0 Å². The Kier molecular flexibility index (Phi) is 2.82. The van der Waals surface area contributed by atoms with Crippen molar-refractivity contribution in [1.29, 1.82) is 0 Å². The molecule has 5 heteroatoms. The predicted molar refractivity (Wildman–Crippen MR) is 86.7 cm³/mol. The van der Waals surface area contributed by atoms with Crippen LogP contribution in [-0.2, 0) is 6.54 Å². The molecule has 0 unspecified atom stereocenters. The third-order valence-corrected chi connectivity index (χ3v) is 3.89. The Balaban J connectivity index is 1.60. The third-order valence-electron chi connectivity index (χ3n) is 3.65. The van der Waals surface area contributed by atoms with Crippen LogP contribution in [0.25, 0.3) is 21.8 Å². The van der Waals surface area contributed by atoms with Gasteiger partial charge in [-0.2, -0.15) is 5.10 Å². The summed E-state index contributed by atoms with van der Waals surface area (Å²) in [6.45, 7) is 0.755. The summed E-state index contributed by atoms with van der Waals surface area (Å²) in [5.74, 6) is 0. The zero-order chi connectivity index (χ0) is 14.2. The molecule has 0 fully saturated rings. The first-order valence-electron chi connectivity index (χ1n) is 6.72. The summed E-state index contributed by atoms with van der Waals surface area (Å²) in [5.41, 5.74) is 4.40. The van der Waals surface area contributed by atoms with Gasteiger partial charge in [-0.3, -0.25) is 5.10 Å². The van der Waals surface area contributed by atoms with Crippen LogP contribution in [0.4, 0.5) is 5.69 Å². The first-order chi connectivity index (χ1) is 10.3. The molecule has 0 saturated heterocycles. The molecular weight excluding hydrogens is 284 g/mol. The molecule has 2 aromatic heterocycles. The second-order valence-electron chi connectivity index (χ2n) is 5.03. The number of aromatic amines is 2. The summed E-state index contributed by atoms with van der Waals surface area (Å²) in [6.07, 6.45) is 3.85. The molecule has 0 bridgehead atoms. The van der Waals surface area contributed by atoms with Crippen molar-refractivity contribution in [3.8, 4) is 0 Å². The molecule has 0 aliphatic heterocycles. The van der Waals surface area contributed by atoms with Gasteiger partial charge in [-0.1, -0.05) is 17.7 Å². The molecule has 2 aromatic carbocycles. The van der Waals surface area contributed by atoms with Gasteiger partial charge in [0.1, 0.15) is 0 Å². The quantitative estimate of drug-likeness (QED) is 0.527. The minimum absolute atomic E-state index is 0.745. The highest BCUT2D eigenvalue weighted by atomic mass is 35.5. The van der Waals surface area contributed by atoms with E-state index in [1.54, 1.807) is 0 Å². The average molecular weight is 297 g/mol. The fourth-order valence-electron chi connectivity index (χ4n) is 2.55. The molecule has 4 rings (SSSR count). The lowest BCUT2D eigenvalue weighted by atomic mass is 10.1. The van der Waals surface area contributed by atoms with E-state index in [2.05, 4.69) is 26.6 Å². The number of benzene rings is 2. The highest BCUT2D eigenvalue weighted by molar-refractivity contribution is 6.31. The summed E-state index contributed by atoms with van der Waals surface area (Å²) in [5, 5.41) is 13.5. The number of halogens is 1. The molecule has 2 heterocycles. The Morgan fingerprint density at radius 1 is 1.10 bits per heavy atom. The second-order valence-corrected chi connectivity index (χ2v) is 5.47. The van der Waals surface area contributed by atoms with Crippen molar-refractivity contribution in [2.45, 2.75) is 6.54 Å². The van der Waals surface area contributed by atoms with E-state index in [9.17, 15) is 0 Å². The number of hydrogen-bond acceptors (Lipinski definition) is 2. The average Bonchev–Trinajstić information content (AvgIpc) is 3.10. The first-order valence-corrected chi connectivity index (χ1v) is 7.10. The van der Waals surface area contributed by atoms with E-state index < -0.39 is 0 Å². The second kappa shape index (κ2) is 4.82. The van der Waals surface area contributed by atoms with E-state index in [-0.39, 0.29) is 0 Å². The fraction of sp³-hybridized carbons (Fsp3) is 0.0625. The molecule has 21 heavy (non-hydrogen) atoms. The summed E-state index contributed by atoms with van der Waals surface area (Å²) in [4.78, 5) is 3.25. The van der Waals surface area contributed by atoms with Crippen LogP contribution < -0.4 is 5.32 Å². The van der Waals surface area contributed by atoms with E-state index in [0.29, 0.717) is 0 Å². The lowest BCUT2D eigenvalue weighted by Crippen LogP contribution is -1.98. The van der Waals surface area contributed by atoms with Gasteiger partial charge in [0.2, 0.25) is 0 Å². The van der Waals surface area contributed by atoms with Crippen molar-refractivity contribution in [3.05, 3.63) is 59.4 Å². The van der Waals surface area contributed by atoms with Crippen molar-refractivity contribution in [1.82, 2.24) is 15.2 Å². The van der Waals surface area contributed by atoms with Crippen LogP contribution in [-0.4, -0.2) is 15.2 Å². The summed E-state index contributed by atoms with van der Waals surface area (Å²) in [6, 6.07) is 12.1. The number of rotatable bonds is 3. The van der Waals surface area contributed by atoms with Crippen LogP contribution in [0.5, 0.6) is 0 Å². The van der Waals surface area contributed by atoms with Gasteiger partial charge in [0.05, 0.1) is 11.7 Å². The summed E-state index contributed by atoms with van der Waals surface area (Å²) >= 11 is 6.00. The number of aromatic nitrogens is 3. The van der Waals surface area contributed by atoms with Crippen LogP contribution in [0.2, 0.25) is 5.02 Å². The van der Waals surface area contributed by atoms with Crippen molar-refractivity contribution in [3.63, 3.8) is 0 Å². The van der Waals surface area contributed by atoms with Gasteiger partial charge in [0, 0.05) is 39.7 Å². The third kappa shape index (κ3) is 2.23. The molecule has 4 nitrogen and oxygen atoms in total. The van der Waals surface area contributed by atoms with Gasteiger partial charge >= 0.3 is 0 Å². The number of nitrogens with one attached hydrogen (secondary N) is 3. The molecule has 0 radical (unpaired) electrons. The van der Waals surface area contributed by atoms with Gasteiger partial charge in [-0.15, -0.1) is 0 Å². The minimum atomic E-state index is 0.745. The Labute approximate surface area is 126 Å². The lowest BCUT2D eigenvalue weighted by molar-refractivity contribution is 1.12. The fourth-order valence-corrected chi connectivity index (χ4v) is 2.73. The van der Waals surface area contributed by atoms with Gasteiger partial charge in [-0.05, 0) is 35.9 Å². The largest absolute Gasteiger partial charge is 0.381 e. The van der Waals surface area contributed by atoms with Crippen LogP contribution >= 0.6 is 11.6 Å². The van der Waals surface area contributed by atoms with Crippen LogP contribution in [0.15, 0.2) is 48.8 Å². The van der Waals surface area contributed by atoms with Gasteiger partial charge in [0.15, 0.2) is 0 Å². The molecule has 0 atom stereocenters. The SMILES string of the molecule is Clc1ccc2c(CNc3ccc4[nH]ncc4c3)c[nH]c2c1. The zero-order valence-electron chi connectivity index (χ0n) is 11.2. The summed E-state index contributed by atoms with van der Waals surface area (Å²) < 4.78 is 0. The van der Waals surface area contributed by atoms with E-state index in [1.807, 2.05) is 42.7 Å². The van der Waals surface area contributed by atoms with Gasteiger partial charge in [-0.25, -0.2) is 0 Å². The maximum Gasteiger partial charge on any atom is 0.0651 e. The predicted octanol–water partition coefficient (Wildman–Crippen LogP) is 4.31. The topological polar surface area (TPSA) is 56.5 Å². The minimum Gasteiger partial charge on any atom is -0.381 e. The van der Waals surface area contributed by atoms with Gasteiger partial charge < -0.3 is 10.3 Å². The molecule has 0 spiro atoms. The maximum atomic E-state index is 6.00. The van der Waals surface area contributed by atoms with E-state index in [1.165, 1.54) is 10.9 Å². The standard InChI is InChI=1S/C16H13ClN4/c17-12-1-3-14-11(8-19-16(14)6-12)7-18-13-2-4-15-10(5-13)9-20-21-15/h1-6,8-9,18-19H,7H2,(H,20,21). The summed E-state index contributed by atoms with van der Waals surface area (Å²) in [7, 11) is 0. The van der Waals surface area contributed by atoms with Crippen LogP contribution in [0.3, 0.4) is 0 Å². The monoisotopic (exact) mass is 296 g/mol. The molecule has 4 aromatic rings. The van der Waals surface area contributed by atoms with E-state index in [4.69, 9.17) is 11.6 Å². The number of nitrogens with zero attached hydrogens (tertiary/aromatic N) is 1. The Hall–Kier alpha value is -2.46. The van der Waals surface area contributed by atoms with E-state index >= 15 is 0 Å². The number of hydrogen-bond donors (Lipinski definition) is 3. The molecule has 0 saturated carbocycles.